The average molecular weight is 234 g/mol. The Morgan fingerprint density at radius 1 is 1.47 bits per heavy atom. The van der Waals surface area contributed by atoms with Crippen LogP contribution in [-0.4, -0.2) is 29.6 Å². The third-order valence-electron chi connectivity index (χ3n) is 3.25. The Morgan fingerprint density at radius 3 is 3.18 bits per heavy atom. The molecular weight excluding hydrogens is 212 g/mol. The number of hydrogen-bond acceptors (Lipinski definition) is 4. The molecule has 0 saturated carbocycles. The number of anilines is 1. The van der Waals surface area contributed by atoms with Crippen LogP contribution in [0.5, 0.6) is 0 Å². The molecular formula is C13H22N4. The van der Waals surface area contributed by atoms with Crippen LogP contribution in [0, 0.1) is 5.92 Å². The van der Waals surface area contributed by atoms with Gasteiger partial charge >= 0.3 is 0 Å². The van der Waals surface area contributed by atoms with Crippen molar-refractivity contribution in [3.05, 3.63) is 18.1 Å². The van der Waals surface area contributed by atoms with Gasteiger partial charge in [0.05, 0.1) is 0 Å². The second-order valence-electron chi connectivity index (χ2n) is 4.72. The summed E-state index contributed by atoms with van der Waals surface area (Å²) in [7, 11) is 0. The van der Waals surface area contributed by atoms with Crippen molar-refractivity contribution in [2.24, 2.45) is 5.92 Å². The van der Waals surface area contributed by atoms with Crippen molar-refractivity contribution in [1.29, 1.82) is 0 Å². The molecule has 0 aromatic carbocycles. The maximum Gasteiger partial charge on any atom is 0.129 e. The van der Waals surface area contributed by atoms with Gasteiger partial charge in [-0.25, -0.2) is 9.97 Å². The van der Waals surface area contributed by atoms with Gasteiger partial charge in [0, 0.05) is 18.3 Å². The van der Waals surface area contributed by atoms with Crippen molar-refractivity contribution >= 4 is 5.82 Å². The monoisotopic (exact) mass is 234 g/mol. The zero-order chi connectivity index (χ0) is 11.9. The van der Waals surface area contributed by atoms with Crippen LogP contribution in [0.2, 0.25) is 0 Å². The van der Waals surface area contributed by atoms with Crippen LogP contribution in [0.15, 0.2) is 12.4 Å². The minimum Gasteiger partial charge on any atom is -0.370 e. The summed E-state index contributed by atoms with van der Waals surface area (Å²) in [6.07, 6.45) is 6.35. The van der Waals surface area contributed by atoms with E-state index in [2.05, 4.69) is 33.6 Å². The van der Waals surface area contributed by atoms with Crippen molar-refractivity contribution in [2.75, 3.05) is 25.0 Å². The van der Waals surface area contributed by atoms with Crippen molar-refractivity contribution in [3.8, 4) is 0 Å². The van der Waals surface area contributed by atoms with E-state index in [-0.39, 0.29) is 0 Å². The van der Waals surface area contributed by atoms with E-state index in [1.165, 1.54) is 25.9 Å². The lowest BCUT2D eigenvalue weighted by Crippen LogP contribution is -2.13. The van der Waals surface area contributed by atoms with Crippen LogP contribution in [0.3, 0.4) is 0 Å². The zero-order valence-electron chi connectivity index (χ0n) is 10.6. The fourth-order valence-electron chi connectivity index (χ4n) is 2.25. The highest BCUT2D eigenvalue weighted by Gasteiger charge is 2.13. The van der Waals surface area contributed by atoms with E-state index in [1.54, 1.807) is 6.33 Å². The molecule has 2 N–H and O–H groups in total. The molecule has 0 amide bonds. The van der Waals surface area contributed by atoms with E-state index in [9.17, 15) is 0 Å². The summed E-state index contributed by atoms with van der Waals surface area (Å²) < 4.78 is 0. The predicted molar refractivity (Wildman–Crippen MR) is 70.1 cm³/mol. The fourth-order valence-corrected chi connectivity index (χ4v) is 2.25. The van der Waals surface area contributed by atoms with Gasteiger partial charge in [-0.05, 0) is 38.3 Å². The smallest absolute Gasteiger partial charge is 0.129 e. The second-order valence-corrected chi connectivity index (χ2v) is 4.72. The second kappa shape index (κ2) is 6.55. The Balaban J connectivity index is 1.75. The van der Waals surface area contributed by atoms with Crippen LogP contribution < -0.4 is 10.6 Å². The van der Waals surface area contributed by atoms with Crippen LogP contribution >= 0.6 is 0 Å². The van der Waals surface area contributed by atoms with Gasteiger partial charge in [-0.2, -0.15) is 0 Å². The number of nitrogens with zero attached hydrogens (tertiary/aromatic N) is 2. The molecule has 1 aliphatic heterocycles. The third-order valence-corrected chi connectivity index (χ3v) is 3.25. The first kappa shape index (κ1) is 12.3. The summed E-state index contributed by atoms with van der Waals surface area (Å²) in [5.41, 5.74) is 1.13. The molecule has 17 heavy (non-hydrogen) atoms. The Bertz CT molecular complexity index is 334. The van der Waals surface area contributed by atoms with E-state index in [0.29, 0.717) is 0 Å². The van der Waals surface area contributed by atoms with Gasteiger partial charge in [-0.1, -0.05) is 13.3 Å². The molecule has 0 aliphatic carbocycles. The summed E-state index contributed by atoms with van der Waals surface area (Å²) in [5, 5.41) is 6.78. The molecule has 94 valence electrons. The molecule has 4 heteroatoms. The molecule has 1 atom stereocenters. The molecule has 4 nitrogen and oxygen atoms in total. The van der Waals surface area contributed by atoms with Crippen LogP contribution in [0.1, 0.15) is 31.9 Å². The molecule has 2 heterocycles. The van der Waals surface area contributed by atoms with Gasteiger partial charge in [-0.15, -0.1) is 0 Å². The summed E-state index contributed by atoms with van der Waals surface area (Å²) >= 11 is 0. The van der Waals surface area contributed by atoms with Gasteiger partial charge in [0.1, 0.15) is 12.1 Å². The Labute approximate surface area is 103 Å². The molecule has 1 aliphatic rings. The SMILES string of the molecule is CCCc1cc(NCCC2CCNC2)ncn1. The van der Waals surface area contributed by atoms with E-state index < -0.39 is 0 Å². The van der Waals surface area contributed by atoms with Crippen molar-refractivity contribution in [2.45, 2.75) is 32.6 Å². The van der Waals surface area contributed by atoms with Crippen LogP contribution in [0.25, 0.3) is 0 Å². The lowest BCUT2D eigenvalue weighted by molar-refractivity contribution is 0.549. The number of rotatable bonds is 6. The lowest BCUT2D eigenvalue weighted by atomic mass is 10.1. The molecule has 1 aromatic heterocycles. The minimum absolute atomic E-state index is 0.833. The molecule has 2 rings (SSSR count). The number of aryl methyl sites for hydroxylation is 1. The first-order valence-electron chi connectivity index (χ1n) is 6.64. The number of aromatic nitrogens is 2. The van der Waals surface area contributed by atoms with Crippen molar-refractivity contribution in [3.63, 3.8) is 0 Å². The van der Waals surface area contributed by atoms with Gasteiger partial charge in [0.25, 0.3) is 0 Å². The third kappa shape index (κ3) is 3.97. The van der Waals surface area contributed by atoms with Gasteiger partial charge < -0.3 is 10.6 Å². The normalized spacial score (nSPS) is 19.5. The number of hydrogen-bond donors (Lipinski definition) is 2. The summed E-state index contributed by atoms with van der Waals surface area (Å²) in [6.45, 7) is 5.53. The first-order valence-corrected chi connectivity index (χ1v) is 6.64. The molecule has 0 bridgehead atoms. The average Bonchev–Trinajstić information content (AvgIpc) is 2.83. The fraction of sp³-hybridized carbons (Fsp3) is 0.692. The molecule has 0 radical (unpaired) electrons. The standard InChI is InChI=1S/C13H22N4/c1-2-3-12-8-13(17-10-16-12)15-7-5-11-4-6-14-9-11/h8,10-11,14H,2-7,9H2,1H3,(H,15,16,17). The zero-order valence-corrected chi connectivity index (χ0v) is 10.6. The quantitative estimate of drug-likeness (QED) is 0.788. The highest BCUT2D eigenvalue weighted by atomic mass is 15.0. The Morgan fingerprint density at radius 2 is 2.41 bits per heavy atom. The Kier molecular flexibility index (Phi) is 4.74. The summed E-state index contributed by atoms with van der Waals surface area (Å²) in [6, 6.07) is 2.07. The molecule has 1 unspecified atom stereocenters. The van der Waals surface area contributed by atoms with E-state index >= 15 is 0 Å². The van der Waals surface area contributed by atoms with Crippen molar-refractivity contribution in [1.82, 2.24) is 15.3 Å². The molecule has 0 spiro atoms. The maximum atomic E-state index is 4.25. The summed E-state index contributed by atoms with van der Waals surface area (Å²) in [5.74, 6) is 1.80. The molecule has 1 fully saturated rings. The van der Waals surface area contributed by atoms with E-state index in [4.69, 9.17) is 0 Å². The van der Waals surface area contributed by atoms with Gasteiger partial charge in [-0.3, -0.25) is 0 Å². The highest BCUT2D eigenvalue weighted by Crippen LogP contribution is 2.12. The maximum absolute atomic E-state index is 4.25. The Hall–Kier alpha value is -1.16. The minimum atomic E-state index is 0.833. The largest absolute Gasteiger partial charge is 0.370 e. The highest BCUT2D eigenvalue weighted by molar-refractivity contribution is 5.34. The van der Waals surface area contributed by atoms with E-state index in [1.807, 2.05) is 0 Å². The van der Waals surface area contributed by atoms with E-state index in [0.717, 1.165) is 36.8 Å². The van der Waals surface area contributed by atoms with Gasteiger partial charge in [0.2, 0.25) is 0 Å². The number of nitrogens with one attached hydrogen (secondary N) is 2. The molecule has 1 aromatic rings. The first-order chi connectivity index (χ1) is 8.38. The lowest BCUT2D eigenvalue weighted by Gasteiger charge is -2.10. The molecule has 1 saturated heterocycles. The predicted octanol–water partition coefficient (Wildman–Crippen LogP) is 1.84. The van der Waals surface area contributed by atoms with Crippen molar-refractivity contribution < 1.29 is 0 Å². The van der Waals surface area contributed by atoms with Crippen LogP contribution in [0.4, 0.5) is 5.82 Å². The summed E-state index contributed by atoms with van der Waals surface area (Å²) in [4.78, 5) is 8.50. The van der Waals surface area contributed by atoms with Gasteiger partial charge in [0.15, 0.2) is 0 Å². The topological polar surface area (TPSA) is 49.8 Å². The van der Waals surface area contributed by atoms with Crippen LogP contribution in [-0.2, 0) is 6.42 Å².